The number of nitrogens with zero attached hydrogens (tertiary/aromatic N) is 1. The Hall–Kier alpha value is -0.870. The summed E-state index contributed by atoms with van der Waals surface area (Å²) in [7, 11) is 0. The van der Waals surface area contributed by atoms with Gasteiger partial charge in [-0.15, -0.1) is 0 Å². The zero-order chi connectivity index (χ0) is 14.0. The van der Waals surface area contributed by atoms with Crippen molar-refractivity contribution >= 4 is 21.9 Å². The molecule has 0 radical (unpaired) electrons. The van der Waals surface area contributed by atoms with Crippen molar-refractivity contribution in [3.8, 4) is 0 Å². The maximum Gasteiger partial charge on any atom is 0.307 e. The fraction of sp³-hybridized carbons (Fsp3) is 0.533. The van der Waals surface area contributed by atoms with Gasteiger partial charge in [0.2, 0.25) is 0 Å². The van der Waals surface area contributed by atoms with E-state index < -0.39 is 5.97 Å². The molecule has 2 rings (SSSR count). The second kappa shape index (κ2) is 6.06. The molecule has 104 valence electrons. The van der Waals surface area contributed by atoms with Crippen molar-refractivity contribution in [1.82, 2.24) is 4.90 Å². The molecule has 0 amide bonds. The van der Waals surface area contributed by atoms with E-state index in [4.69, 9.17) is 0 Å². The average Bonchev–Trinajstić information content (AvgIpc) is 2.33. The van der Waals surface area contributed by atoms with Crippen molar-refractivity contribution in [2.75, 3.05) is 13.1 Å². The highest BCUT2D eigenvalue weighted by Crippen LogP contribution is 2.24. The fourth-order valence-corrected chi connectivity index (χ4v) is 3.08. The van der Waals surface area contributed by atoms with Crippen LogP contribution < -0.4 is 0 Å². The van der Waals surface area contributed by atoms with Gasteiger partial charge < -0.3 is 5.11 Å². The van der Waals surface area contributed by atoms with Gasteiger partial charge in [-0.2, -0.15) is 0 Å². The second-order valence-electron chi connectivity index (χ2n) is 5.65. The standard InChI is InChI=1S/C15H20BrNO2/c1-10-5-13(15(18)19)9-17(7-10)8-12-3-4-14(16)11(2)6-12/h3-4,6,10,13H,5,7-9H2,1-2H3,(H,18,19). The van der Waals surface area contributed by atoms with Gasteiger partial charge in [-0.25, -0.2) is 0 Å². The Balaban J connectivity index is 2.05. The number of benzene rings is 1. The number of piperidine rings is 1. The van der Waals surface area contributed by atoms with Crippen LogP contribution >= 0.6 is 15.9 Å². The molecular weight excluding hydrogens is 306 g/mol. The minimum atomic E-state index is -0.663. The van der Waals surface area contributed by atoms with E-state index >= 15 is 0 Å². The fourth-order valence-electron chi connectivity index (χ4n) is 2.83. The quantitative estimate of drug-likeness (QED) is 0.926. The molecule has 4 heteroatoms. The van der Waals surface area contributed by atoms with Gasteiger partial charge in [0.15, 0.2) is 0 Å². The second-order valence-corrected chi connectivity index (χ2v) is 6.51. The van der Waals surface area contributed by atoms with E-state index in [1.807, 2.05) is 0 Å². The number of aryl methyl sites for hydroxylation is 1. The Labute approximate surface area is 122 Å². The minimum absolute atomic E-state index is 0.222. The number of carboxylic acids is 1. The van der Waals surface area contributed by atoms with E-state index in [-0.39, 0.29) is 5.92 Å². The summed E-state index contributed by atoms with van der Waals surface area (Å²) in [6, 6.07) is 6.33. The molecule has 1 aliphatic heterocycles. The summed E-state index contributed by atoms with van der Waals surface area (Å²) < 4.78 is 1.12. The number of carboxylic acid groups (broad SMARTS) is 1. The third-order valence-electron chi connectivity index (χ3n) is 3.71. The molecule has 19 heavy (non-hydrogen) atoms. The maximum absolute atomic E-state index is 11.2. The molecule has 0 bridgehead atoms. The van der Waals surface area contributed by atoms with Crippen molar-refractivity contribution in [3.05, 3.63) is 33.8 Å². The predicted octanol–water partition coefficient (Wildman–Crippen LogP) is 3.30. The van der Waals surface area contributed by atoms with Gasteiger partial charge in [-0.05, 0) is 36.5 Å². The highest BCUT2D eigenvalue weighted by atomic mass is 79.9. The van der Waals surface area contributed by atoms with Crippen LogP contribution in [-0.4, -0.2) is 29.1 Å². The number of carbonyl (C=O) groups is 1. The molecule has 1 aliphatic rings. The first kappa shape index (κ1) is 14.5. The summed E-state index contributed by atoms with van der Waals surface area (Å²) in [5, 5.41) is 9.19. The molecule has 2 unspecified atom stereocenters. The van der Waals surface area contributed by atoms with Crippen LogP contribution in [0.1, 0.15) is 24.5 Å². The molecule has 2 atom stereocenters. The Morgan fingerprint density at radius 2 is 2.21 bits per heavy atom. The van der Waals surface area contributed by atoms with Crippen molar-refractivity contribution in [2.24, 2.45) is 11.8 Å². The van der Waals surface area contributed by atoms with Crippen LogP contribution in [0.2, 0.25) is 0 Å². The van der Waals surface area contributed by atoms with Gasteiger partial charge in [0.1, 0.15) is 0 Å². The maximum atomic E-state index is 11.2. The lowest BCUT2D eigenvalue weighted by Crippen LogP contribution is -2.41. The number of halogens is 1. The monoisotopic (exact) mass is 325 g/mol. The van der Waals surface area contributed by atoms with Crippen molar-refractivity contribution in [3.63, 3.8) is 0 Å². The van der Waals surface area contributed by atoms with Crippen molar-refractivity contribution in [2.45, 2.75) is 26.8 Å². The van der Waals surface area contributed by atoms with Gasteiger partial charge in [-0.3, -0.25) is 9.69 Å². The van der Waals surface area contributed by atoms with E-state index in [0.717, 1.165) is 24.0 Å². The third-order valence-corrected chi connectivity index (χ3v) is 4.60. The van der Waals surface area contributed by atoms with Crippen LogP contribution in [0.3, 0.4) is 0 Å². The molecule has 1 heterocycles. The lowest BCUT2D eigenvalue weighted by molar-refractivity contribution is -0.144. The van der Waals surface area contributed by atoms with Gasteiger partial charge in [0, 0.05) is 24.1 Å². The van der Waals surface area contributed by atoms with Gasteiger partial charge in [-0.1, -0.05) is 35.0 Å². The van der Waals surface area contributed by atoms with Gasteiger partial charge in [0.05, 0.1) is 5.92 Å². The van der Waals surface area contributed by atoms with Crippen LogP contribution in [0.15, 0.2) is 22.7 Å². The highest BCUT2D eigenvalue weighted by Gasteiger charge is 2.29. The largest absolute Gasteiger partial charge is 0.481 e. The molecule has 0 aliphatic carbocycles. The molecule has 0 spiro atoms. The van der Waals surface area contributed by atoms with Crippen LogP contribution in [0.25, 0.3) is 0 Å². The molecule has 1 fully saturated rings. The number of hydrogen-bond acceptors (Lipinski definition) is 2. The molecule has 3 nitrogen and oxygen atoms in total. The summed E-state index contributed by atoms with van der Waals surface area (Å²) in [5.74, 6) is -0.435. The molecule has 1 aromatic rings. The van der Waals surface area contributed by atoms with Crippen LogP contribution in [0, 0.1) is 18.8 Å². The minimum Gasteiger partial charge on any atom is -0.481 e. The van der Waals surface area contributed by atoms with E-state index in [2.05, 4.69) is 52.9 Å². The zero-order valence-electron chi connectivity index (χ0n) is 11.4. The topological polar surface area (TPSA) is 40.5 Å². The third kappa shape index (κ3) is 3.80. The number of likely N-dealkylation sites (tertiary alicyclic amines) is 1. The Morgan fingerprint density at radius 3 is 2.84 bits per heavy atom. The molecule has 0 saturated carbocycles. The Kier molecular flexibility index (Phi) is 4.63. The number of aliphatic carboxylic acids is 1. The van der Waals surface area contributed by atoms with Crippen molar-refractivity contribution < 1.29 is 9.90 Å². The van der Waals surface area contributed by atoms with Crippen LogP contribution in [-0.2, 0) is 11.3 Å². The summed E-state index contributed by atoms with van der Waals surface area (Å²) in [6.07, 6.45) is 0.797. The van der Waals surface area contributed by atoms with Crippen LogP contribution in [0.5, 0.6) is 0 Å². The normalized spacial score (nSPS) is 24.4. The van der Waals surface area contributed by atoms with E-state index in [1.165, 1.54) is 11.1 Å². The highest BCUT2D eigenvalue weighted by molar-refractivity contribution is 9.10. The Morgan fingerprint density at radius 1 is 1.47 bits per heavy atom. The number of rotatable bonds is 3. The lowest BCUT2D eigenvalue weighted by atomic mass is 9.90. The molecule has 1 aromatic carbocycles. The number of hydrogen-bond donors (Lipinski definition) is 1. The van der Waals surface area contributed by atoms with E-state index in [9.17, 15) is 9.90 Å². The SMILES string of the molecule is Cc1cc(CN2CC(C)CC(C(=O)O)C2)ccc1Br. The lowest BCUT2D eigenvalue weighted by Gasteiger charge is -2.34. The summed E-state index contributed by atoms with van der Waals surface area (Å²) >= 11 is 3.50. The first-order valence-electron chi connectivity index (χ1n) is 6.66. The van der Waals surface area contributed by atoms with Gasteiger partial charge in [0.25, 0.3) is 0 Å². The zero-order valence-corrected chi connectivity index (χ0v) is 13.0. The first-order valence-corrected chi connectivity index (χ1v) is 7.45. The molecule has 1 saturated heterocycles. The van der Waals surface area contributed by atoms with Gasteiger partial charge >= 0.3 is 5.97 Å². The van der Waals surface area contributed by atoms with E-state index in [0.29, 0.717) is 12.5 Å². The van der Waals surface area contributed by atoms with Crippen LogP contribution in [0.4, 0.5) is 0 Å². The predicted molar refractivity (Wildman–Crippen MR) is 79.1 cm³/mol. The molecular formula is C15H20BrNO2. The summed E-state index contributed by atoms with van der Waals surface area (Å²) in [6.45, 7) is 6.69. The van der Waals surface area contributed by atoms with E-state index in [1.54, 1.807) is 0 Å². The Bertz CT molecular complexity index is 475. The first-order chi connectivity index (χ1) is 8.95. The average molecular weight is 326 g/mol. The summed E-state index contributed by atoms with van der Waals surface area (Å²) in [5.41, 5.74) is 2.47. The summed E-state index contributed by atoms with van der Waals surface area (Å²) in [4.78, 5) is 13.4. The molecule has 0 aromatic heterocycles. The molecule has 1 N–H and O–H groups in total. The van der Waals surface area contributed by atoms with Crippen molar-refractivity contribution in [1.29, 1.82) is 0 Å². The smallest absolute Gasteiger partial charge is 0.307 e.